The average molecular weight is 448 g/mol. The molecule has 3 heterocycles. The highest BCUT2D eigenvalue weighted by Gasteiger charge is 2.41. The number of nitrogens with one attached hydrogen (secondary N) is 2. The van der Waals surface area contributed by atoms with Crippen LogP contribution in [0.25, 0.3) is 10.9 Å². The molecule has 8 nitrogen and oxygen atoms in total. The lowest BCUT2D eigenvalue weighted by Gasteiger charge is -2.24. The molecule has 2 unspecified atom stereocenters. The van der Waals surface area contributed by atoms with Crippen molar-refractivity contribution in [1.82, 2.24) is 14.6 Å². The highest BCUT2D eigenvalue weighted by Crippen LogP contribution is 2.35. The van der Waals surface area contributed by atoms with Gasteiger partial charge in [0.1, 0.15) is 30.2 Å². The molecule has 1 aliphatic heterocycles. The Morgan fingerprint density at radius 2 is 2.03 bits per heavy atom. The van der Waals surface area contributed by atoms with Gasteiger partial charge in [-0.15, -0.1) is 11.3 Å². The van der Waals surface area contributed by atoms with Crippen molar-refractivity contribution < 1.29 is 14.6 Å². The number of rotatable bonds is 5. The zero-order valence-electron chi connectivity index (χ0n) is 17.2. The first-order valence-electron chi connectivity index (χ1n) is 10.0. The van der Waals surface area contributed by atoms with Crippen molar-refractivity contribution in [3.8, 4) is 5.75 Å². The number of nitrogens with zero attached hydrogens (tertiary/aromatic N) is 3. The molecular formula is C23H21N5O3S. The first-order chi connectivity index (χ1) is 15.6. The topological polar surface area (TPSA) is 107 Å². The van der Waals surface area contributed by atoms with Gasteiger partial charge in [0.2, 0.25) is 0 Å². The van der Waals surface area contributed by atoms with Gasteiger partial charge in [-0.3, -0.25) is 10.2 Å². The maximum atomic E-state index is 13.3. The van der Waals surface area contributed by atoms with E-state index in [0.717, 1.165) is 22.0 Å². The van der Waals surface area contributed by atoms with E-state index in [1.807, 2.05) is 36.4 Å². The molecule has 5 rings (SSSR count). The molecule has 1 aliphatic rings. The van der Waals surface area contributed by atoms with E-state index in [2.05, 4.69) is 10.1 Å². The Kier molecular flexibility index (Phi) is 5.12. The van der Waals surface area contributed by atoms with Crippen LogP contribution in [-0.2, 0) is 11.3 Å². The number of aliphatic hydroxyl groups excluding tert-OH is 1. The molecule has 0 aliphatic carbocycles. The van der Waals surface area contributed by atoms with E-state index >= 15 is 0 Å². The number of carbonyl (C=O) groups is 1. The third kappa shape index (κ3) is 3.41. The van der Waals surface area contributed by atoms with Gasteiger partial charge < -0.3 is 19.4 Å². The summed E-state index contributed by atoms with van der Waals surface area (Å²) in [6, 6.07) is 14.3. The second-order valence-corrected chi connectivity index (χ2v) is 8.36. The normalized spacial score (nSPS) is 18.2. The minimum atomic E-state index is -1.02. The number of hydrazone groups is 1. The number of aromatic nitrogens is 2. The van der Waals surface area contributed by atoms with Crippen LogP contribution in [0.1, 0.15) is 17.2 Å². The van der Waals surface area contributed by atoms with Crippen molar-refractivity contribution in [3.05, 3.63) is 82.2 Å². The molecule has 3 N–H and O–H groups in total. The zero-order valence-corrected chi connectivity index (χ0v) is 18.0. The first kappa shape index (κ1) is 20.2. The van der Waals surface area contributed by atoms with Gasteiger partial charge in [-0.05, 0) is 23.8 Å². The molecule has 1 amide bonds. The molecule has 0 bridgehead atoms. The average Bonchev–Trinajstić information content (AvgIpc) is 3.51. The third-order valence-corrected chi connectivity index (χ3v) is 6.34. The molecule has 9 heteroatoms. The van der Waals surface area contributed by atoms with Crippen LogP contribution in [0.2, 0.25) is 0 Å². The van der Waals surface area contributed by atoms with Crippen LogP contribution in [0.3, 0.4) is 0 Å². The molecule has 0 radical (unpaired) electrons. The highest BCUT2D eigenvalue weighted by molar-refractivity contribution is 7.06. The van der Waals surface area contributed by atoms with Gasteiger partial charge in [-0.25, -0.2) is 5.01 Å². The van der Waals surface area contributed by atoms with Crippen LogP contribution in [0.4, 0.5) is 0 Å². The van der Waals surface area contributed by atoms with Gasteiger partial charge in [0, 0.05) is 34.2 Å². The second kappa shape index (κ2) is 8.10. The fourth-order valence-electron chi connectivity index (χ4n) is 4.00. The lowest BCUT2D eigenvalue weighted by molar-refractivity contribution is -0.135. The zero-order chi connectivity index (χ0) is 22.2. The number of aliphatic hydroxyl groups is 1. The fraction of sp³-hybridized carbons (Fsp3) is 0.174. The molecule has 0 fully saturated rings. The minimum Gasteiger partial charge on any atom is -0.497 e. The predicted octanol–water partition coefficient (Wildman–Crippen LogP) is 2.87. The van der Waals surface area contributed by atoms with E-state index in [1.54, 1.807) is 41.6 Å². The van der Waals surface area contributed by atoms with Gasteiger partial charge >= 0.3 is 0 Å². The summed E-state index contributed by atoms with van der Waals surface area (Å²) >= 11 is 1.25. The third-order valence-electron chi connectivity index (χ3n) is 5.62. The van der Waals surface area contributed by atoms with Gasteiger partial charge in [-0.2, -0.15) is 5.10 Å². The van der Waals surface area contributed by atoms with Crippen molar-refractivity contribution >= 4 is 33.9 Å². The molecule has 162 valence electrons. The number of fused-ring (bicyclic) bond motifs is 1. The van der Waals surface area contributed by atoms with Crippen LogP contribution < -0.4 is 9.54 Å². The smallest absolute Gasteiger partial charge is 0.263 e. The summed E-state index contributed by atoms with van der Waals surface area (Å²) in [6.07, 6.45) is 2.49. The van der Waals surface area contributed by atoms with Crippen LogP contribution in [-0.4, -0.2) is 44.5 Å². The summed E-state index contributed by atoms with van der Waals surface area (Å²) in [6.45, 7) is -0.0353. The lowest BCUT2D eigenvalue weighted by Crippen LogP contribution is -2.36. The summed E-state index contributed by atoms with van der Waals surface area (Å²) in [5, 5.41) is 27.9. The Balaban J connectivity index is 1.57. The standard InChI is InChI=1S/C23H21N5O3S/c1-31-15-8-6-14(7-9-15)21-22(30)20(17-12-25-18-5-3-2-4-16(17)18)26-28(21)19(29)13-27-10-11-32-23(27)24/h2-12,21-22,24-25,30H,13H2,1H3. The quantitative estimate of drug-likeness (QED) is 0.438. The molecule has 0 saturated carbocycles. The van der Waals surface area contributed by atoms with Crippen LogP contribution in [0.15, 0.2) is 71.4 Å². The Bertz CT molecular complexity index is 1370. The van der Waals surface area contributed by atoms with E-state index in [-0.39, 0.29) is 17.3 Å². The number of ether oxygens (including phenoxy) is 1. The van der Waals surface area contributed by atoms with E-state index in [4.69, 9.17) is 10.1 Å². The van der Waals surface area contributed by atoms with Crippen LogP contribution >= 0.6 is 11.3 Å². The van der Waals surface area contributed by atoms with Crippen molar-refractivity contribution in [2.24, 2.45) is 5.10 Å². The lowest BCUT2D eigenvalue weighted by atomic mass is 9.95. The van der Waals surface area contributed by atoms with Gasteiger partial charge in [-0.1, -0.05) is 30.3 Å². The minimum absolute atomic E-state index is 0.0353. The number of methoxy groups -OCH3 is 1. The summed E-state index contributed by atoms with van der Waals surface area (Å²) in [5.41, 5.74) is 2.85. The first-order valence-corrected chi connectivity index (χ1v) is 10.9. The SMILES string of the molecule is COc1ccc(C2C(O)C(c3c[nH]c4ccccc34)=NN2C(=O)Cn2ccsc2=N)cc1. The van der Waals surface area contributed by atoms with Gasteiger partial charge in [0.05, 0.1) is 7.11 Å². The number of carbonyl (C=O) groups excluding carboxylic acids is 1. The fourth-order valence-corrected chi connectivity index (χ4v) is 4.60. The Hall–Kier alpha value is -3.69. The summed E-state index contributed by atoms with van der Waals surface area (Å²) in [4.78, 5) is 16.8. The Labute approximate surface area is 187 Å². The molecule has 0 saturated heterocycles. The van der Waals surface area contributed by atoms with Gasteiger partial charge in [0.15, 0.2) is 4.80 Å². The summed E-state index contributed by atoms with van der Waals surface area (Å²) in [7, 11) is 1.59. The number of benzene rings is 2. The molecule has 32 heavy (non-hydrogen) atoms. The summed E-state index contributed by atoms with van der Waals surface area (Å²) < 4.78 is 6.80. The molecular weight excluding hydrogens is 426 g/mol. The van der Waals surface area contributed by atoms with Crippen LogP contribution in [0.5, 0.6) is 5.75 Å². The molecule has 0 spiro atoms. The number of amides is 1. The largest absolute Gasteiger partial charge is 0.497 e. The van der Waals surface area contributed by atoms with Crippen molar-refractivity contribution in [2.45, 2.75) is 18.7 Å². The predicted molar refractivity (Wildman–Crippen MR) is 122 cm³/mol. The number of hydrogen-bond acceptors (Lipinski definition) is 6. The molecule has 4 aromatic rings. The number of hydrogen-bond donors (Lipinski definition) is 3. The Morgan fingerprint density at radius 1 is 1.25 bits per heavy atom. The number of aromatic amines is 1. The maximum absolute atomic E-state index is 13.3. The number of para-hydroxylation sites is 1. The summed E-state index contributed by atoms with van der Waals surface area (Å²) in [5.74, 6) is 0.376. The highest BCUT2D eigenvalue weighted by atomic mass is 32.1. The molecule has 2 aromatic heterocycles. The van der Waals surface area contributed by atoms with E-state index < -0.39 is 12.1 Å². The molecule has 2 aromatic carbocycles. The van der Waals surface area contributed by atoms with Crippen molar-refractivity contribution in [1.29, 1.82) is 5.41 Å². The second-order valence-electron chi connectivity index (χ2n) is 7.47. The van der Waals surface area contributed by atoms with E-state index in [9.17, 15) is 9.90 Å². The molecule has 2 atom stereocenters. The maximum Gasteiger partial charge on any atom is 0.263 e. The van der Waals surface area contributed by atoms with Gasteiger partial charge in [0.25, 0.3) is 5.91 Å². The van der Waals surface area contributed by atoms with Crippen LogP contribution in [0, 0.1) is 5.41 Å². The van der Waals surface area contributed by atoms with Crippen molar-refractivity contribution in [2.75, 3.05) is 7.11 Å². The van der Waals surface area contributed by atoms with E-state index in [0.29, 0.717) is 11.5 Å². The monoisotopic (exact) mass is 447 g/mol. The number of thiazole rings is 1. The van der Waals surface area contributed by atoms with E-state index in [1.165, 1.54) is 16.3 Å². The Morgan fingerprint density at radius 3 is 2.75 bits per heavy atom. The number of H-pyrrole nitrogens is 1. The van der Waals surface area contributed by atoms with Crippen molar-refractivity contribution in [3.63, 3.8) is 0 Å².